The molecular weight excluding hydrogens is 257 g/mol. The van der Waals surface area contributed by atoms with Crippen molar-refractivity contribution in [3.8, 4) is 5.75 Å². The Bertz CT molecular complexity index is 415. The molecule has 0 radical (unpaired) electrons. The highest BCUT2D eigenvalue weighted by molar-refractivity contribution is 5.51. The SMILES string of the molecule is CNC1CCN(c2cccc(OC(F)(F)F)c2)CC1. The molecule has 0 saturated carbocycles. The Morgan fingerprint density at radius 1 is 1.26 bits per heavy atom. The summed E-state index contributed by atoms with van der Waals surface area (Å²) in [6.45, 7) is 1.67. The van der Waals surface area contributed by atoms with Crippen molar-refractivity contribution in [3.05, 3.63) is 24.3 Å². The van der Waals surface area contributed by atoms with Crippen LogP contribution in [0.3, 0.4) is 0 Å². The Morgan fingerprint density at radius 2 is 1.95 bits per heavy atom. The molecule has 0 amide bonds. The van der Waals surface area contributed by atoms with Crippen molar-refractivity contribution in [2.75, 3.05) is 25.0 Å². The molecule has 1 aliphatic heterocycles. The largest absolute Gasteiger partial charge is 0.573 e. The fraction of sp³-hybridized carbons (Fsp3) is 0.538. The van der Waals surface area contributed by atoms with Crippen LogP contribution >= 0.6 is 0 Å². The van der Waals surface area contributed by atoms with Gasteiger partial charge in [0.15, 0.2) is 0 Å². The molecule has 3 nitrogen and oxygen atoms in total. The third-order valence-corrected chi connectivity index (χ3v) is 3.32. The quantitative estimate of drug-likeness (QED) is 0.917. The number of nitrogens with one attached hydrogen (secondary N) is 1. The molecule has 1 aromatic carbocycles. The molecule has 1 heterocycles. The number of halogens is 3. The van der Waals surface area contributed by atoms with Crippen LogP contribution in [0.4, 0.5) is 18.9 Å². The summed E-state index contributed by atoms with van der Waals surface area (Å²) in [6, 6.07) is 6.64. The molecule has 0 spiro atoms. The first kappa shape index (κ1) is 14.0. The second-order valence-electron chi connectivity index (χ2n) is 4.60. The predicted molar refractivity (Wildman–Crippen MR) is 67.4 cm³/mol. The third-order valence-electron chi connectivity index (χ3n) is 3.32. The van der Waals surface area contributed by atoms with Gasteiger partial charge in [0.25, 0.3) is 0 Å². The minimum atomic E-state index is -4.64. The maximum Gasteiger partial charge on any atom is 0.573 e. The van der Waals surface area contributed by atoms with E-state index in [2.05, 4.69) is 15.0 Å². The van der Waals surface area contributed by atoms with Gasteiger partial charge in [-0.25, -0.2) is 0 Å². The van der Waals surface area contributed by atoms with Crippen molar-refractivity contribution < 1.29 is 17.9 Å². The summed E-state index contributed by atoms with van der Waals surface area (Å²) in [5, 5.41) is 3.22. The van der Waals surface area contributed by atoms with E-state index in [-0.39, 0.29) is 5.75 Å². The van der Waals surface area contributed by atoms with Crippen molar-refractivity contribution in [1.29, 1.82) is 0 Å². The van der Waals surface area contributed by atoms with Gasteiger partial charge in [0.2, 0.25) is 0 Å². The Labute approximate surface area is 110 Å². The van der Waals surface area contributed by atoms with Gasteiger partial charge >= 0.3 is 6.36 Å². The zero-order valence-electron chi connectivity index (χ0n) is 10.7. The number of hydrogen-bond donors (Lipinski definition) is 1. The van der Waals surface area contributed by atoms with E-state index in [1.54, 1.807) is 6.07 Å². The smallest absolute Gasteiger partial charge is 0.406 e. The summed E-state index contributed by atoms with van der Waals surface area (Å²) in [6.07, 6.45) is -2.67. The van der Waals surface area contributed by atoms with E-state index >= 15 is 0 Å². The molecular formula is C13H17F3N2O. The molecule has 106 valence electrons. The molecule has 1 aromatic rings. The van der Waals surface area contributed by atoms with Gasteiger partial charge in [-0.05, 0) is 32.0 Å². The number of alkyl halides is 3. The van der Waals surface area contributed by atoms with Crippen LogP contribution < -0.4 is 15.0 Å². The maximum atomic E-state index is 12.2. The summed E-state index contributed by atoms with van der Waals surface area (Å²) >= 11 is 0. The minimum Gasteiger partial charge on any atom is -0.406 e. The van der Waals surface area contributed by atoms with Crippen molar-refractivity contribution in [3.63, 3.8) is 0 Å². The van der Waals surface area contributed by atoms with E-state index in [1.807, 2.05) is 13.1 Å². The number of hydrogen-bond acceptors (Lipinski definition) is 3. The lowest BCUT2D eigenvalue weighted by Gasteiger charge is -2.33. The van der Waals surface area contributed by atoms with Gasteiger partial charge in [-0.2, -0.15) is 0 Å². The molecule has 0 unspecified atom stereocenters. The molecule has 0 aliphatic carbocycles. The minimum absolute atomic E-state index is 0.166. The van der Waals surface area contributed by atoms with Crippen molar-refractivity contribution in [1.82, 2.24) is 5.32 Å². The van der Waals surface area contributed by atoms with Gasteiger partial charge in [-0.1, -0.05) is 6.07 Å². The fourth-order valence-corrected chi connectivity index (χ4v) is 2.30. The fourth-order valence-electron chi connectivity index (χ4n) is 2.30. The van der Waals surface area contributed by atoms with Gasteiger partial charge < -0.3 is 15.0 Å². The highest BCUT2D eigenvalue weighted by Crippen LogP contribution is 2.28. The first-order valence-corrected chi connectivity index (χ1v) is 6.26. The van der Waals surface area contributed by atoms with Gasteiger partial charge in [0, 0.05) is 30.9 Å². The molecule has 1 N–H and O–H groups in total. The van der Waals surface area contributed by atoms with E-state index in [0.717, 1.165) is 31.6 Å². The summed E-state index contributed by atoms with van der Waals surface area (Å²) in [4.78, 5) is 2.08. The molecule has 1 saturated heterocycles. The average molecular weight is 274 g/mol. The van der Waals surface area contributed by atoms with Crippen LogP contribution in [0.1, 0.15) is 12.8 Å². The van der Waals surface area contributed by atoms with Crippen LogP contribution in [0, 0.1) is 0 Å². The summed E-state index contributed by atoms with van der Waals surface area (Å²) in [5.74, 6) is -0.166. The molecule has 1 aliphatic rings. The van der Waals surface area contributed by atoms with E-state index in [9.17, 15) is 13.2 Å². The molecule has 19 heavy (non-hydrogen) atoms. The lowest BCUT2D eigenvalue weighted by Crippen LogP contribution is -2.41. The second-order valence-corrected chi connectivity index (χ2v) is 4.60. The lowest BCUT2D eigenvalue weighted by atomic mass is 10.0. The first-order chi connectivity index (χ1) is 8.98. The molecule has 0 bridgehead atoms. The Kier molecular flexibility index (Phi) is 4.19. The topological polar surface area (TPSA) is 24.5 Å². The number of nitrogens with zero attached hydrogens (tertiary/aromatic N) is 1. The number of benzene rings is 1. The van der Waals surface area contributed by atoms with E-state index in [1.165, 1.54) is 12.1 Å². The number of ether oxygens (including phenoxy) is 1. The second kappa shape index (κ2) is 5.69. The highest BCUT2D eigenvalue weighted by atomic mass is 19.4. The molecule has 6 heteroatoms. The molecule has 0 atom stereocenters. The number of rotatable bonds is 3. The van der Waals surface area contributed by atoms with Crippen LogP contribution in [-0.2, 0) is 0 Å². The van der Waals surface area contributed by atoms with Crippen LogP contribution in [0.25, 0.3) is 0 Å². The van der Waals surface area contributed by atoms with E-state index < -0.39 is 6.36 Å². The zero-order valence-corrected chi connectivity index (χ0v) is 10.7. The number of piperidine rings is 1. The van der Waals surface area contributed by atoms with Crippen LogP contribution in [0.2, 0.25) is 0 Å². The van der Waals surface area contributed by atoms with Gasteiger partial charge in [0.1, 0.15) is 5.75 Å². The lowest BCUT2D eigenvalue weighted by molar-refractivity contribution is -0.274. The highest BCUT2D eigenvalue weighted by Gasteiger charge is 2.31. The first-order valence-electron chi connectivity index (χ1n) is 6.26. The summed E-state index contributed by atoms with van der Waals surface area (Å²) in [7, 11) is 1.93. The predicted octanol–water partition coefficient (Wildman–Crippen LogP) is 2.77. The van der Waals surface area contributed by atoms with Crippen molar-refractivity contribution >= 4 is 5.69 Å². The monoisotopic (exact) mass is 274 g/mol. The third kappa shape index (κ3) is 4.02. The van der Waals surface area contributed by atoms with Crippen LogP contribution in [0.15, 0.2) is 24.3 Å². The Balaban J connectivity index is 2.03. The van der Waals surface area contributed by atoms with E-state index in [4.69, 9.17) is 0 Å². The molecule has 2 rings (SSSR count). The zero-order chi connectivity index (χ0) is 13.9. The Hall–Kier alpha value is -1.43. The molecule has 0 aromatic heterocycles. The van der Waals surface area contributed by atoms with Gasteiger partial charge in [0.05, 0.1) is 0 Å². The summed E-state index contributed by atoms with van der Waals surface area (Å²) < 4.78 is 40.4. The van der Waals surface area contributed by atoms with E-state index in [0.29, 0.717) is 6.04 Å². The normalized spacial score (nSPS) is 17.6. The Morgan fingerprint density at radius 3 is 2.53 bits per heavy atom. The van der Waals surface area contributed by atoms with Crippen molar-refractivity contribution in [2.24, 2.45) is 0 Å². The van der Waals surface area contributed by atoms with Gasteiger partial charge in [-0.3, -0.25) is 0 Å². The average Bonchev–Trinajstić information content (AvgIpc) is 2.37. The standard InChI is InChI=1S/C13H17F3N2O/c1-17-10-5-7-18(8-6-10)11-3-2-4-12(9-11)19-13(14,15)16/h2-4,9-10,17H,5-8H2,1H3. The summed E-state index contributed by atoms with van der Waals surface area (Å²) in [5.41, 5.74) is 0.774. The van der Waals surface area contributed by atoms with Gasteiger partial charge in [-0.15, -0.1) is 13.2 Å². The van der Waals surface area contributed by atoms with Crippen molar-refractivity contribution in [2.45, 2.75) is 25.2 Å². The molecule has 1 fully saturated rings. The van der Waals surface area contributed by atoms with Crippen LogP contribution in [0.5, 0.6) is 5.75 Å². The number of anilines is 1. The maximum absolute atomic E-state index is 12.2. The van der Waals surface area contributed by atoms with Crippen LogP contribution in [-0.4, -0.2) is 32.5 Å².